The highest BCUT2D eigenvalue weighted by Crippen LogP contribution is 2.32. The number of hydrogen-bond acceptors (Lipinski definition) is 8. The predicted octanol–water partition coefficient (Wildman–Crippen LogP) is -1.41. The smallest absolute Gasteiger partial charge is 0.335 e. The van der Waals surface area contributed by atoms with Gasteiger partial charge in [0.25, 0.3) is 0 Å². The molecule has 5 atom stereocenters. The fraction of sp³-hybridized carbons (Fsp3) is 0.467. The van der Waals surface area contributed by atoms with Crippen LogP contribution in [0.25, 0.3) is 0 Å². The number of hydrogen-bond donors (Lipinski definition) is 5. The van der Waals surface area contributed by atoms with Crippen molar-refractivity contribution in [3.63, 3.8) is 0 Å². The number of methoxy groups -OCH3 is 1. The molecule has 10 nitrogen and oxygen atoms in total. The summed E-state index contributed by atoms with van der Waals surface area (Å²) >= 11 is 0. The van der Waals surface area contributed by atoms with E-state index in [-0.39, 0.29) is 17.9 Å². The third kappa shape index (κ3) is 4.17. The average molecular weight is 358 g/mol. The van der Waals surface area contributed by atoms with E-state index in [4.69, 9.17) is 24.4 Å². The highest BCUT2D eigenvalue weighted by Gasteiger charge is 2.48. The zero-order chi connectivity index (χ0) is 18.7. The Labute approximate surface area is 141 Å². The number of ether oxygens (including phenoxy) is 3. The summed E-state index contributed by atoms with van der Waals surface area (Å²) in [7, 11) is 1.31. The van der Waals surface area contributed by atoms with Crippen LogP contribution in [0.4, 0.5) is 0 Å². The Balaban J connectivity index is 2.22. The van der Waals surface area contributed by atoms with Gasteiger partial charge in [-0.05, 0) is 17.7 Å². The topological polar surface area (TPSA) is 163 Å². The minimum Gasteiger partial charge on any atom is -0.493 e. The highest BCUT2D eigenvalue weighted by molar-refractivity contribution is 5.73. The van der Waals surface area contributed by atoms with Gasteiger partial charge in [-0.15, -0.1) is 0 Å². The molecule has 0 radical (unpaired) electrons. The minimum atomic E-state index is -1.83. The Bertz CT molecular complexity index is 645. The molecule has 1 aromatic rings. The van der Waals surface area contributed by atoms with E-state index in [1.165, 1.54) is 25.3 Å². The second-order valence-electron chi connectivity index (χ2n) is 5.41. The Kier molecular flexibility index (Phi) is 5.80. The lowest BCUT2D eigenvalue weighted by Gasteiger charge is -2.38. The Morgan fingerprint density at radius 2 is 1.76 bits per heavy atom. The van der Waals surface area contributed by atoms with Gasteiger partial charge in [0.05, 0.1) is 13.5 Å². The molecule has 1 aliphatic rings. The summed E-state index contributed by atoms with van der Waals surface area (Å²) in [5.74, 6) is -2.41. The molecule has 1 heterocycles. The Morgan fingerprint density at radius 1 is 1.08 bits per heavy atom. The fourth-order valence-corrected chi connectivity index (χ4v) is 2.37. The highest BCUT2D eigenvalue weighted by atomic mass is 16.7. The van der Waals surface area contributed by atoms with Crippen molar-refractivity contribution in [3.05, 3.63) is 23.8 Å². The second kappa shape index (κ2) is 7.66. The molecular formula is C15H18O10. The molecule has 1 saturated heterocycles. The largest absolute Gasteiger partial charge is 0.493 e. The van der Waals surface area contributed by atoms with Crippen LogP contribution in [0.5, 0.6) is 11.5 Å². The first-order valence-corrected chi connectivity index (χ1v) is 7.22. The van der Waals surface area contributed by atoms with Crippen molar-refractivity contribution < 1.29 is 49.3 Å². The molecule has 10 heteroatoms. The van der Waals surface area contributed by atoms with Gasteiger partial charge in [-0.25, -0.2) is 4.79 Å². The van der Waals surface area contributed by atoms with E-state index in [0.717, 1.165) is 0 Å². The molecule has 25 heavy (non-hydrogen) atoms. The first-order valence-electron chi connectivity index (χ1n) is 7.22. The van der Waals surface area contributed by atoms with Gasteiger partial charge < -0.3 is 39.7 Å². The monoisotopic (exact) mass is 358 g/mol. The zero-order valence-electron chi connectivity index (χ0n) is 13.1. The van der Waals surface area contributed by atoms with Gasteiger partial charge in [0.1, 0.15) is 18.3 Å². The molecule has 0 bridgehead atoms. The molecule has 0 saturated carbocycles. The van der Waals surface area contributed by atoms with Crippen molar-refractivity contribution >= 4 is 11.9 Å². The van der Waals surface area contributed by atoms with Crippen molar-refractivity contribution in [2.75, 3.05) is 7.11 Å². The molecule has 0 unspecified atom stereocenters. The third-order valence-corrected chi connectivity index (χ3v) is 3.64. The third-order valence-electron chi connectivity index (χ3n) is 3.64. The van der Waals surface area contributed by atoms with Crippen molar-refractivity contribution in [1.82, 2.24) is 0 Å². The summed E-state index contributed by atoms with van der Waals surface area (Å²) in [5, 5.41) is 47.1. The lowest BCUT2D eigenvalue weighted by Crippen LogP contribution is -2.61. The number of benzene rings is 1. The van der Waals surface area contributed by atoms with E-state index in [1.807, 2.05) is 0 Å². The average Bonchev–Trinajstić information content (AvgIpc) is 2.55. The SMILES string of the molecule is COc1cc(CC(=O)O)ccc1O[C@@H]1O[C@H](C(=O)O)[C@@H](O)[C@H](O)[C@H]1O. The fourth-order valence-electron chi connectivity index (χ4n) is 2.37. The zero-order valence-corrected chi connectivity index (χ0v) is 13.1. The molecule has 0 aromatic heterocycles. The van der Waals surface area contributed by atoms with E-state index < -0.39 is 42.6 Å². The quantitative estimate of drug-likeness (QED) is 0.408. The molecule has 1 aliphatic heterocycles. The van der Waals surface area contributed by atoms with Gasteiger partial charge in [0.15, 0.2) is 17.6 Å². The number of carboxylic acids is 2. The first-order chi connectivity index (χ1) is 11.7. The predicted molar refractivity (Wildman–Crippen MR) is 79.3 cm³/mol. The van der Waals surface area contributed by atoms with E-state index in [1.54, 1.807) is 0 Å². The van der Waals surface area contributed by atoms with Crippen LogP contribution in [-0.4, -0.2) is 75.3 Å². The van der Waals surface area contributed by atoms with Crippen LogP contribution >= 0.6 is 0 Å². The van der Waals surface area contributed by atoms with E-state index in [9.17, 15) is 24.9 Å². The van der Waals surface area contributed by atoms with Crippen LogP contribution in [0.1, 0.15) is 5.56 Å². The maximum absolute atomic E-state index is 11.1. The van der Waals surface area contributed by atoms with Crippen LogP contribution in [0.2, 0.25) is 0 Å². The van der Waals surface area contributed by atoms with Gasteiger partial charge in [-0.2, -0.15) is 0 Å². The molecular weight excluding hydrogens is 340 g/mol. The number of carboxylic acid groups (broad SMARTS) is 2. The van der Waals surface area contributed by atoms with E-state index in [2.05, 4.69) is 0 Å². The van der Waals surface area contributed by atoms with Gasteiger partial charge in [0.2, 0.25) is 6.29 Å². The number of aliphatic hydroxyl groups excluding tert-OH is 3. The van der Waals surface area contributed by atoms with Gasteiger partial charge in [-0.3, -0.25) is 4.79 Å². The van der Waals surface area contributed by atoms with Gasteiger partial charge >= 0.3 is 11.9 Å². The van der Waals surface area contributed by atoms with Crippen LogP contribution in [-0.2, 0) is 20.7 Å². The summed E-state index contributed by atoms with van der Waals surface area (Å²) in [5.41, 5.74) is 0.431. The van der Waals surface area contributed by atoms with Crippen molar-refractivity contribution in [3.8, 4) is 11.5 Å². The molecule has 1 fully saturated rings. The Morgan fingerprint density at radius 3 is 2.32 bits per heavy atom. The number of carbonyl (C=O) groups is 2. The molecule has 138 valence electrons. The lowest BCUT2D eigenvalue weighted by molar-refractivity contribution is -0.271. The van der Waals surface area contributed by atoms with Crippen LogP contribution in [0, 0.1) is 0 Å². The molecule has 5 N–H and O–H groups in total. The second-order valence-corrected chi connectivity index (χ2v) is 5.41. The summed E-state index contributed by atoms with van der Waals surface area (Å²) < 4.78 is 15.5. The molecule has 0 amide bonds. The molecule has 1 aromatic carbocycles. The van der Waals surface area contributed by atoms with E-state index in [0.29, 0.717) is 5.56 Å². The maximum Gasteiger partial charge on any atom is 0.335 e. The summed E-state index contributed by atoms with van der Waals surface area (Å²) in [6, 6.07) is 4.21. The summed E-state index contributed by atoms with van der Waals surface area (Å²) in [6.07, 6.45) is -8.96. The van der Waals surface area contributed by atoms with Crippen LogP contribution < -0.4 is 9.47 Å². The molecule has 2 rings (SSSR count). The minimum absolute atomic E-state index is 0.0356. The maximum atomic E-state index is 11.1. The normalized spacial score (nSPS) is 29.0. The number of rotatable bonds is 6. The van der Waals surface area contributed by atoms with Gasteiger partial charge in [-0.1, -0.05) is 6.07 Å². The number of aliphatic hydroxyl groups is 3. The van der Waals surface area contributed by atoms with E-state index >= 15 is 0 Å². The van der Waals surface area contributed by atoms with Crippen molar-refractivity contribution in [2.45, 2.75) is 37.1 Å². The van der Waals surface area contributed by atoms with Crippen LogP contribution in [0.3, 0.4) is 0 Å². The molecule has 0 spiro atoms. The summed E-state index contributed by atoms with van der Waals surface area (Å²) in [6.45, 7) is 0. The standard InChI is InChI=1S/C15H18O10/c1-23-8-4-6(5-9(16)17)2-3-7(8)24-15-12(20)10(18)11(19)13(25-15)14(21)22/h2-4,10-13,15,18-20H,5H2,1H3,(H,16,17)(H,21,22)/t10-,11-,12+,13-,15+/m0/s1. The first kappa shape index (κ1) is 18.9. The van der Waals surface area contributed by atoms with Gasteiger partial charge in [0, 0.05) is 0 Å². The van der Waals surface area contributed by atoms with Crippen molar-refractivity contribution in [1.29, 1.82) is 0 Å². The molecule has 0 aliphatic carbocycles. The summed E-state index contributed by atoms with van der Waals surface area (Å²) in [4.78, 5) is 21.8. The van der Waals surface area contributed by atoms with Crippen LogP contribution in [0.15, 0.2) is 18.2 Å². The van der Waals surface area contributed by atoms with Crippen molar-refractivity contribution in [2.24, 2.45) is 0 Å². The lowest BCUT2D eigenvalue weighted by atomic mass is 9.99. The number of aliphatic carboxylic acids is 2. The Hall–Kier alpha value is -2.40.